The number of nitrogens with one attached hydrogen (secondary N) is 1. The fraction of sp³-hybridized carbons (Fsp3) is 0.950. The van der Waals surface area contributed by atoms with E-state index in [4.69, 9.17) is 0 Å². The maximum atomic E-state index is 13.2. The van der Waals surface area contributed by atoms with Crippen LogP contribution in [-0.2, 0) is 14.8 Å². The van der Waals surface area contributed by atoms with Crippen molar-refractivity contribution in [3.63, 3.8) is 0 Å². The molecular formula is C20H31NO3S. The van der Waals surface area contributed by atoms with Crippen LogP contribution in [0.2, 0.25) is 0 Å². The standard InChI is InChI=1S/C20H31NO3S/c1-18(2)16-3-4-20(18,17(22)8-16)12-25(23,24)21-19-9-13-5-14(10-19)7-15(6-13)11-19/h13-16,21H,3-12H2,1-2H3/t13?,14?,15?,16-,19?,20-/m1/s1. The maximum Gasteiger partial charge on any atom is 0.213 e. The summed E-state index contributed by atoms with van der Waals surface area (Å²) in [6, 6.07) is 0. The van der Waals surface area contributed by atoms with E-state index in [1.54, 1.807) is 0 Å². The van der Waals surface area contributed by atoms with Crippen molar-refractivity contribution in [3.05, 3.63) is 0 Å². The average Bonchev–Trinajstić information content (AvgIpc) is 2.77. The van der Waals surface area contributed by atoms with Crippen molar-refractivity contribution in [2.75, 3.05) is 5.75 Å². The second-order valence-electron chi connectivity index (χ2n) is 10.7. The molecule has 6 fully saturated rings. The van der Waals surface area contributed by atoms with Crippen LogP contribution in [0.4, 0.5) is 0 Å². The Bertz CT molecular complexity index is 690. The summed E-state index contributed by atoms with van der Waals surface area (Å²) in [5.74, 6) is 2.73. The quantitative estimate of drug-likeness (QED) is 0.832. The average molecular weight is 366 g/mol. The van der Waals surface area contributed by atoms with Crippen LogP contribution in [-0.4, -0.2) is 25.5 Å². The van der Waals surface area contributed by atoms with Gasteiger partial charge in [0.25, 0.3) is 0 Å². The highest BCUT2D eigenvalue weighted by molar-refractivity contribution is 7.89. The molecule has 0 unspecified atom stereocenters. The van der Waals surface area contributed by atoms with Gasteiger partial charge in [-0.25, -0.2) is 13.1 Å². The normalized spacial score (nSPS) is 49.9. The van der Waals surface area contributed by atoms with Crippen molar-refractivity contribution in [1.82, 2.24) is 4.72 Å². The molecule has 0 aliphatic heterocycles. The Morgan fingerprint density at radius 3 is 2.04 bits per heavy atom. The SMILES string of the molecule is CC1(C)[C@@H]2CC[C@@]1(CS(=O)(=O)NC13CC4CC(CC(C4)C1)C3)C(=O)C2. The summed E-state index contributed by atoms with van der Waals surface area (Å²) in [4.78, 5) is 12.7. The minimum Gasteiger partial charge on any atom is -0.299 e. The zero-order valence-corrected chi connectivity index (χ0v) is 16.3. The topological polar surface area (TPSA) is 63.2 Å². The van der Waals surface area contributed by atoms with E-state index in [9.17, 15) is 13.2 Å². The Balaban J connectivity index is 1.40. The molecule has 140 valence electrons. The van der Waals surface area contributed by atoms with Crippen molar-refractivity contribution in [3.8, 4) is 0 Å². The van der Waals surface area contributed by atoms with Crippen molar-refractivity contribution in [2.24, 2.45) is 34.5 Å². The molecule has 1 N–H and O–H groups in total. The van der Waals surface area contributed by atoms with E-state index in [0.29, 0.717) is 30.1 Å². The van der Waals surface area contributed by atoms with Crippen molar-refractivity contribution in [1.29, 1.82) is 0 Å². The third-order valence-corrected chi connectivity index (χ3v) is 10.6. The summed E-state index contributed by atoms with van der Waals surface area (Å²) < 4.78 is 29.6. The summed E-state index contributed by atoms with van der Waals surface area (Å²) in [6.45, 7) is 4.24. The molecule has 6 rings (SSSR count). The third kappa shape index (κ3) is 2.27. The van der Waals surface area contributed by atoms with E-state index >= 15 is 0 Å². The Morgan fingerprint density at radius 1 is 1.04 bits per heavy atom. The summed E-state index contributed by atoms with van der Waals surface area (Å²) in [5, 5.41) is 0. The first-order valence-corrected chi connectivity index (χ1v) is 11.8. The highest BCUT2D eigenvalue weighted by Gasteiger charge is 2.65. The monoisotopic (exact) mass is 365 g/mol. The molecule has 0 saturated heterocycles. The van der Waals surface area contributed by atoms with Gasteiger partial charge in [0, 0.05) is 17.4 Å². The lowest BCUT2D eigenvalue weighted by Crippen LogP contribution is -2.61. The number of fused-ring (bicyclic) bond motifs is 2. The molecule has 0 aromatic rings. The smallest absolute Gasteiger partial charge is 0.213 e. The van der Waals surface area contributed by atoms with Crippen LogP contribution in [0.5, 0.6) is 0 Å². The fourth-order valence-electron chi connectivity index (χ4n) is 8.03. The van der Waals surface area contributed by atoms with Gasteiger partial charge in [0.2, 0.25) is 10.0 Å². The van der Waals surface area contributed by atoms with Gasteiger partial charge in [0.1, 0.15) is 5.78 Å². The second-order valence-corrected chi connectivity index (χ2v) is 12.4. The van der Waals surface area contributed by atoms with E-state index in [0.717, 1.165) is 32.1 Å². The van der Waals surface area contributed by atoms with Gasteiger partial charge in [-0.05, 0) is 80.5 Å². The van der Waals surface area contributed by atoms with E-state index in [1.807, 2.05) is 0 Å². The van der Waals surface area contributed by atoms with Gasteiger partial charge in [0.05, 0.1) is 5.75 Å². The van der Waals surface area contributed by atoms with Gasteiger partial charge in [-0.15, -0.1) is 0 Å². The molecule has 4 nitrogen and oxygen atoms in total. The number of carbonyl (C=O) groups is 1. The van der Waals surface area contributed by atoms with Crippen LogP contribution in [0.15, 0.2) is 0 Å². The van der Waals surface area contributed by atoms with E-state index in [2.05, 4.69) is 18.6 Å². The van der Waals surface area contributed by atoms with Crippen LogP contribution in [0.3, 0.4) is 0 Å². The van der Waals surface area contributed by atoms with Crippen LogP contribution in [0.1, 0.15) is 71.6 Å². The summed E-state index contributed by atoms with van der Waals surface area (Å²) >= 11 is 0. The number of carbonyl (C=O) groups excluding carboxylic acids is 1. The molecule has 0 aromatic carbocycles. The molecule has 2 atom stereocenters. The number of hydrogen-bond acceptors (Lipinski definition) is 3. The van der Waals surface area contributed by atoms with Gasteiger partial charge in [0.15, 0.2) is 0 Å². The molecule has 0 spiro atoms. The second kappa shape index (κ2) is 4.89. The first kappa shape index (κ1) is 16.7. The Kier molecular flexibility index (Phi) is 3.27. The predicted octanol–water partition coefficient (Wildman–Crippen LogP) is 3.27. The highest BCUT2D eigenvalue weighted by Crippen LogP contribution is 2.64. The minimum atomic E-state index is -3.45. The Hall–Kier alpha value is -0.420. The largest absolute Gasteiger partial charge is 0.299 e. The molecule has 0 aromatic heterocycles. The number of rotatable bonds is 4. The van der Waals surface area contributed by atoms with Crippen molar-refractivity contribution >= 4 is 15.8 Å². The van der Waals surface area contributed by atoms with Gasteiger partial charge in [-0.2, -0.15) is 0 Å². The number of hydrogen-bond donors (Lipinski definition) is 1. The summed E-state index contributed by atoms with van der Waals surface area (Å²) in [6.07, 6.45) is 9.31. The van der Waals surface area contributed by atoms with Crippen LogP contribution in [0.25, 0.3) is 0 Å². The predicted molar refractivity (Wildman–Crippen MR) is 96.4 cm³/mol. The number of Topliss-reactive ketones (excluding diaryl/α,β-unsaturated/α-hetero) is 1. The van der Waals surface area contributed by atoms with Gasteiger partial charge < -0.3 is 0 Å². The van der Waals surface area contributed by atoms with Crippen molar-refractivity contribution in [2.45, 2.75) is 77.2 Å². The molecule has 6 saturated carbocycles. The van der Waals surface area contributed by atoms with Gasteiger partial charge >= 0.3 is 0 Å². The van der Waals surface area contributed by atoms with Gasteiger partial charge in [-0.1, -0.05) is 13.8 Å². The maximum absolute atomic E-state index is 13.2. The van der Waals surface area contributed by atoms with E-state index < -0.39 is 15.4 Å². The lowest BCUT2D eigenvalue weighted by Gasteiger charge is -2.56. The lowest BCUT2D eigenvalue weighted by atomic mass is 9.53. The zero-order valence-electron chi connectivity index (χ0n) is 15.5. The van der Waals surface area contributed by atoms with Gasteiger partial charge in [-0.3, -0.25) is 4.79 Å². The Labute approximate surface area is 151 Å². The number of ketones is 1. The number of sulfonamides is 1. The molecule has 6 aliphatic carbocycles. The van der Waals surface area contributed by atoms with Crippen molar-refractivity contribution < 1.29 is 13.2 Å². The molecule has 0 heterocycles. The summed E-state index contributed by atoms with van der Waals surface area (Å²) in [5.41, 5.74) is -1.03. The molecule has 6 aliphatic rings. The lowest BCUT2D eigenvalue weighted by molar-refractivity contribution is -0.128. The summed E-state index contributed by atoms with van der Waals surface area (Å²) in [7, 11) is -3.45. The highest BCUT2D eigenvalue weighted by atomic mass is 32.2. The molecule has 25 heavy (non-hydrogen) atoms. The molecule has 0 radical (unpaired) electrons. The molecular weight excluding hydrogens is 334 g/mol. The van der Waals surface area contributed by atoms with Crippen LogP contribution < -0.4 is 4.72 Å². The van der Waals surface area contributed by atoms with Crippen LogP contribution in [0, 0.1) is 34.5 Å². The first-order chi connectivity index (χ1) is 11.6. The molecule has 0 amide bonds. The Morgan fingerprint density at radius 2 is 1.60 bits per heavy atom. The fourth-order valence-corrected chi connectivity index (χ4v) is 10.3. The minimum absolute atomic E-state index is 0.0179. The third-order valence-electron chi connectivity index (χ3n) is 8.99. The first-order valence-electron chi connectivity index (χ1n) is 10.2. The zero-order chi connectivity index (χ0) is 17.7. The molecule has 6 bridgehead atoms. The van der Waals surface area contributed by atoms with Crippen LogP contribution >= 0.6 is 0 Å². The van der Waals surface area contributed by atoms with E-state index in [1.165, 1.54) is 19.3 Å². The molecule has 5 heteroatoms. The van der Waals surface area contributed by atoms with E-state index in [-0.39, 0.29) is 22.5 Å².